The van der Waals surface area contributed by atoms with E-state index in [1.54, 1.807) is 11.3 Å². The van der Waals surface area contributed by atoms with Gasteiger partial charge in [-0.2, -0.15) is 0 Å². The molecule has 0 bridgehead atoms. The van der Waals surface area contributed by atoms with Crippen LogP contribution in [0.1, 0.15) is 30.1 Å². The van der Waals surface area contributed by atoms with Crippen LogP contribution in [0.4, 0.5) is 0 Å². The lowest BCUT2D eigenvalue weighted by Gasteiger charge is -2.11. The fraction of sp³-hybridized carbons (Fsp3) is 0.357. The third kappa shape index (κ3) is 4.22. The molecule has 96 valence electrons. The molecule has 0 spiro atoms. The minimum absolute atomic E-state index is 0.146. The van der Waals surface area contributed by atoms with Crippen LogP contribution in [0.3, 0.4) is 0 Å². The van der Waals surface area contributed by atoms with Gasteiger partial charge < -0.3 is 11.1 Å². The van der Waals surface area contributed by atoms with Gasteiger partial charge in [-0.15, -0.1) is 11.3 Å². The molecule has 18 heavy (non-hydrogen) atoms. The van der Waals surface area contributed by atoms with E-state index in [2.05, 4.69) is 27.8 Å². The first-order valence-electron chi connectivity index (χ1n) is 6.24. The fourth-order valence-electron chi connectivity index (χ4n) is 1.86. The normalized spacial score (nSPS) is 12.5. The fourth-order valence-corrected chi connectivity index (χ4v) is 2.41. The number of nitrogens with one attached hydrogen (secondary N) is 1. The van der Waals surface area contributed by atoms with Crippen LogP contribution in [0.2, 0.25) is 0 Å². The van der Waals surface area contributed by atoms with Gasteiger partial charge in [0.05, 0.1) is 11.2 Å². The van der Waals surface area contributed by atoms with E-state index in [9.17, 15) is 0 Å². The maximum atomic E-state index is 6.13. The molecule has 0 fully saturated rings. The summed E-state index contributed by atoms with van der Waals surface area (Å²) >= 11 is 1.63. The Balaban J connectivity index is 1.61. The summed E-state index contributed by atoms with van der Waals surface area (Å²) in [5.41, 5.74) is 10.3. The first-order chi connectivity index (χ1) is 8.86. The minimum Gasteiger partial charge on any atom is -0.324 e. The van der Waals surface area contributed by atoms with Gasteiger partial charge in [0.15, 0.2) is 0 Å². The molecule has 0 saturated heterocycles. The largest absolute Gasteiger partial charge is 0.324 e. The van der Waals surface area contributed by atoms with Crippen molar-refractivity contribution in [1.82, 2.24) is 10.3 Å². The van der Waals surface area contributed by atoms with Gasteiger partial charge >= 0.3 is 0 Å². The van der Waals surface area contributed by atoms with Crippen molar-refractivity contribution < 1.29 is 0 Å². The van der Waals surface area contributed by atoms with Crippen molar-refractivity contribution >= 4 is 11.3 Å². The number of thiazole rings is 1. The van der Waals surface area contributed by atoms with Gasteiger partial charge in [-0.25, -0.2) is 4.98 Å². The Morgan fingerprint density at radius 2 is 2.11 bits per heavy atom. The zero-order valence-corrected chi connectivity index (χ0v) is 11.2. The molecule has 1 aromatic heterocycles. The van der Waals surface area contributed by atoms with Crippen LogP contribution >= 0.6 is 11.3 Å². The molecule has 0 saturated carbocycles. The molecule has 1 atom stereocenters. The average molecular weight is 261 g/mol. The number of nitrogens with two attached hydrogens (primary N) is 1. The Bertz CT molecular complexity index is 428. The zero-order valence-electron chi connectivity index (χ0n) is 10.4. The van der Waals surface area contributed by atoms with E-state index < -0.39 is 0 Å². The lowest BCUT2D eigenvalue weighted by Crippen LogP contribution is -2.17. The Labute approximate surface area is 112 Å². The van der Waals surface area contributed by atoms with Crippen molar-refractivity contribution in [3.8, 4) is 0 Å². The highest BCUT2D eigenvalue weighted by Gasteiger charge is 2.04. The van der Waals surface area contributed by atoms with E-state index in [-0.39, 0.29) is 6.04 Å². The second kappa shape index (κ2) is 7.26. The van der Waals surface area contributed by atoms with E-state index in [1.807, 2.05) is 23.7 Å². The number of hydrogen-bond acceptors (Lipinski definition) is 4. The molecule has 2 aromatic rings. The Hall–Kier alpha value is -1.23. The second-order valence-corrected chi connectivity index (χ2v) is 5.03. The van der Waals surface area contributed by atoms with Crippen LogP contribution in [0.15, 0.2) is 41.2 Å². The van der Waals surface area contributed by atoms with Gasteiger partial charge in [0, 0.05) is 18.0 Å². The molecule has 1 heterocycles. The topological polar surface area (TPSA) is 50.9 Å². The van der Waals surface area contributed by atoms with Gasteiger partial charge in [-0.1, -0.05) is 30.3 Å². The lowest BCUT2D eigenvalue weighted by molar-refractivity contribution is 0.564. The van der Waals surface area contributed by atoms with Gasteiger partial charge in [0.2, 0.25) is 0 Å². The molecule has 0 aliphatic carbocycles. The molecule has 2 rings (SSSR count). The maximum absolute atomic E-state index is 6.13. The quantitative estimate of drug-likeness (QED) is 0.753. The van der Waals surface area contributed by atoms with Crippen LogP contribution in [0.25, 0.3) is 0 Å². The summed E-state index contributed by atoms with van der Waals surface area (Å²) in [6, 6.07) is 10.4. The molecule has 4 heteroatoms. The molecule has 1 aromatic carbocycles. The number of benzene rings is 1. The molecular weight excluding hydrogens is 242 g/mol. The second-order valence-electron chi connectivity index (χ2n) is 4.32. The third-order valence-electron chi connectivity index (χ3n) is 2.89. The summed E-state index contributed by atoms with van der Waals surface area (Å²) in [6.45, 7) is 1.84. The molecule has 0 aliphatic rings. The van der Waals surface area contributed by atoms with Crippen LogP contribution in [-0.4, -0.2) is 11.5 Å². The van der Waals surface area contributed by atoms with E-state index in [0.29, 0.717) is 0 Å². The molecule has 3 N–H and O–H groups in total. The molecule has 0 radical (unpaired) electrons. The number of nitrogens with zero attached hydrogens (tertiary/aromatic N) is 1. The van der Waals surface area contributed by atoms with Crippen molar-refractivity contribution in [3.63, 3.8) is 0 Å². The van der Waals surface area contributed by atoms with Crippen molar-refractivity contribution in [3.05, 3.63) is 52.5 Å². The zero-order chi connectivity index (χ0) is 12.6. The summed E-state index contributed by atoms with van der Waals surface area (Å²) in [5.74, 6) is 0. The highest BCUT2D eigenvalue weighted by molar-refractivity contribution is 7.07. The summed E-state index contributed by atoms with van der Waals surface area (Å²) in [4.78, 5) is 4.23. The third-order valence-corrected chi connectivity index (χ3v) is 3.52. The van der Waals surface area contributed by atoms with E-state index in [1.165, 1.54) is 5.56 Å². The average Bonchev–Trinajstić information content (AvgIpc) is 2.92. The van der Waals surface area contributed by atoms with E-state index in [0.717, 1.165) is 31.6 Å². The number of rotatable bonds is 7. The SMILES string of the molecule is NC(CCCNCc1cscn1)c1ccccc1. The molecule has 0 amide bonds. The van der Waals surface area contributed by atoms with Gasteiger partial charge in [0.1, 0.15) is 0 Å². The lowest BCUT2D eigenvalue weighted by atomic mass is 10.0. The van der Waals surface area contributed by atoms with Crippen molar-refractivity contribution in [2.75, 3.05) is 6.54 Å². The first-order valence-corrected chi connectivity index (χ1v) is 7.19. The van der Waals surface area contributed by atoms with Crippen LogP contribution < -0.4 is 11.1 Å². The molecule has 0 aliphatic heterocycles. The Kier molecular flexibility index (Phi) is 5.33. The predicted octanol–water partition coefficient (Wildman–Crippen LogP) is 2.71. The van der Waals surface area contributed by atoms with Crippen LogP contribution in [0.5, 0.6) is 0 Å². The monoisotopic (exact) mass is 261 g/mol. The van der Waals surface area contributed by atoms with E-state index >= 15 is 0 Å². The van der Waals surface area contributed by atoms with Crippen molar-refractivity contribution in [2.45, 2.75) is 25.4 Å². The summed E-state index contributed by atoms with van der Waals surface area (Å²) in [7, 11) is 0. The predicted molar refractivity (Wildman–Crippen MR) is 76.4 cm³/mol. The van der Waals surface area contributed by atoms with Crippen LogP contribution in [-0.2, 0) is 6.54 Å². The van der Waals surface area contributed by atoms with Gasteiger partial charge in [-0.05, 0) is 24.9 Å². The Morgan fingerprint density at radius 1 is 1.28 bits per heavy atom. The van der Waals surface area contributed by atoms with Crippen molar-refractivity contribution in [2.24, 2.45) is 5.73 Å². The van der Waals surface area contributed by atoms with Crippen LogP contribution in [0, 0.1) is 0 Å². The van der Waals surface area contributed by atoms with Gasteiger partial charge in [0.25, 0.3) is 0 Å². The van der Waals surface area contributed by atoms with Crippen molar-refractivity contribution in [1.29, 1.82) is 0 Å². The Morgan fingerprint density at radius 3 is 2.83 bits per heavy atom. The highest BCUT2D eigenvalue weighted by atomic mass is 32.1. The summed E-state index contributed by atoms with van der Waals surface area (Å²) in [5, 5.41) is 5.46. The maximum Gasteiger partial charge on any atom is 0.0795 e. The minimum atomic E-state index is 0.146. The molecule has 3 nitrogen and oxygen atoms in total. The summed E-state index contributed by atoms with van der Waals surface area (Å²) < 4.78 is 0. The first kappa shape index (κ1) is 13.2. The smallest absolute Gasteiger partial charge is 0.0795 e. The standard InChI is InChI=1S/C14H19N3S/c15-14(12-5-2-1-3-6-12)7-4-8-16-9-13-10-18-11-17-13/h1-3,5-6,10-11,14,16H,4,7-9,15H2. The number of hydrogen-bond donors (Lipinski definition) is 2. The molecular formula is C14H19N3S. The van der Waals surface area contributed by atoms with E-state index in [4.69, 9.17) is 5.73 Å². The number of aromatic nitrogens is 1. The molecule has 1 unspecified atom stereocenters. The summed E-state index contributed by atoms with van der Waals surface area (Å²) in [6.07, 6.45) is 2.09. The van der Waals surface area contributed by atoms with Gasteiger partial charge in [-0.3, -0.25) is 0 Å². The highest BCUT2D eigenvalue weighted by Crippen LogP contribution is 2.14.